The van der Waals surface area contributed by atoms with E-state index in [0.29, 0.717) is 17.5 Å². The maximum absolute atomic E-state index is 14.5. The average molecular weight is 573 g/mol. The van der Waals surface area contributed by atoms with Crippen molar-refractivity contribution in [2.24, 2.45) is 56.2 Å². The molecule has 0 unspecified atom stereocenters. The fourth-order valence-corrected chi connectivity index (χ4v) is 11.7. The van der Waals surface area contributed by atoms with Crippen LogP contribution in [0.5, 0.6) is 0 Å². The molecule has 5 rings (SSSR count). The molecule has 0 radical (unpaired) electrons. The van der Waals surface area contributed by atoms with Crippen LogP contribution in [0.4, 0.5) is 0 Å². The van der Waals surface area contributed by atoms with Gasteiger partial charge in [0.1, 0.15) is 11.9 Å². The number of rotatable bonds is 2. The number of carbonyl (C=O) groups excluding carboxylic acids is 2. The number of allylic oxidation sites excluding steroid dienone is 2. The van der Waals surface area contributed by atoms with Crippen molar-refractivity contribution in [2.75, 3.05) is 5.33 Å². The first-order chi connectivity index (χ1) is 17.0. The number of fused-ring (bicyclic) bond motifs is 7. The Morgan fingerprint density at radius 3 is 2.27 bits per heavy atom. The lowest BCUT2D eigenvalue weighted by Gasteiger charge is -2.72. The molecular weight excluding hydrogens is 526 g/mol. The average Bonchev–Trinajstić information content (AvgIpc) is 2.82. The minimum absolute atomic E-state index is 0.0389. The van der Waals surface area contributed by atoms with Gasteiger partial charge in [0.05, 0.1) is 11.7 Å². The molecule has 5 aliphatic carbocycles. The normalized spacial score (nSPS) is 48.9. The molecule has 4 fully saturated rings. The maximum atomic E-state index is 14.5. The zero-order chi connectivity index (χ0) is 27.4. The lowest BCUT2D eigenvalue weighted by Crippen LogP contribution is -2.69. The quantitative estimate of drug-likeness (QED) is 0.360. The number of Topliss-reactive ketones (excluding diaryl/α,β-unsaturated/α-hetero) is 2. The van der Waals surface area contributed by atoms with Gasteiger partial charge in [-0.25, -0.2) is 0 Å². The van der Waals surface area contributed by atoms with Crippen molar-refractivity contribution in [1.29, 1.82) is 5.26 Å². The first-order valence-electron chi connectivity index (χ1n) is 14.5. The van der Waals surface area contributed by atoms with E-state index in [4.69, 9.17) is 0 Å². The van der Waals surface area contributed by atoms with Crippen molar-refractivity contribution in [1.82, 2.24) is 0 Å². The summed E-state index contributed by atoms with van der Waals surface area (Å²) in [5.74, 6) is 0.696. The second-order valence-corrected chi connectivity index (χ2v) is 16.2. The fourth-order valence-electron chi connectivity index (χ4n) is 11.1. The van der Waals surface area contributed by atoms with E-state index in [9.17, 15) is 20.0 Å². The first-order valence-corrected chi connectivity index (χ1v) is 15.6. The Bertz CT molecular complexity index is 1100. The van der Waals surface area contributed by atoms with Gasteiger partial charge in [0.15, 0.2) is 5.78 Å². The minimum Gasteiger partial charge on any atom is -0.392 e. The van der Waals surface area contributed by atoms with Crippen LogP contribution in [0.15, 0.2) is 11.6 Å². The Hall–Kier alpha value is -0.990. The number of carbonyl (C=O) groups is 2. The van der Waals surface area contributed by atoms with Gasteiger partial charge < -0.3 is 5.11 Å². The largest absolute Gasteiger partial charge is 0.392 e. The molecule has 0 heterocycles. The van der Waals surface area contributed by atoms with E-state index in [2.05, 4.69) is 56.6 Å². The number of hydrogen-bond donors (Lipinski definition) is 1. The van der Waals surface area contributed by atoms with Gasteiger partial charge in [-0.1, -0.05) is 70.5 Å². The van der Waals surface area contributed by atoms with Crippen molar-refractivity contribution in [3.8, 4) is 6.07 Å². The summed E-state index contributed by atoms with van der Waals surface area (Å²) in [5.41, 5.74) is -0.960. The van der Waals surface area contributed by atoms with E-state index in [-0.39, 0.29) is 62.1 Å². The predicted octanol–water partition coefficient (Wildman–Crippen LogP) is 7.04. The first kappa shape index (κ1) is 27.6. The third kappa shape index (κ3) is 3.39. The van der Waals surface area contributed by atoms with Crippen molar-refractivity contribution in [3.05, 3.63) is 11.6 Å². The lowest BCUT2D eigenvalue weighted by molar-refractivity contribution is -0.232. The SMILES string of the molecule is CC1(C)CC[C@]2([C@@H](O)CBr)CC[C@]3(C)[C@H](C(=O)C[C@@H]4[C@@]5(C)C=C(C#N)C(=O)C(C)(C)[C@@H]5CC[C@]43C)[C@@H]2C1. The molecule has 0 amide bonds. The van der Waals surface area contributed by atoms with E-state index in [0.717, 1.165) is 44.9 Å². The molecule has 5 heteroatoms. The van der Waals surface area contributed by atoms with Crippen LogP contribution in [0.25, 0.3) is 0 Å². The predicted molar refractivity (Wildman–Crippen MR) is 149 cm³/mol. The number of aliphatic hydroxyl groups excluding tert-OH is 1. The van der Waals surface area contributed by atoms with Crippen molar-refractivity contribution >= 4 is 27.5 Å². The van der Waals surface area contributed by atoms with Crippen LogP contribution in [-0.2, 0) is 9.59 Å². The van der Waals surface area contributed by atoms with Gasteiger partial charge >= 0.3 is 0 Å². The number of aliphatic hydroxyl groups is 1. The lowest BCUT2D eigenvalue weighted by atomic mass is 9.31. The maximum Gasteiger partial charge on any atom is 0.178 e. The van der Waals surface area contributed by atoms with Crippen LogP contribution >= 0.6 is 15.9 Å². The molecule has 0 saturated heterocycles. The molecule has 5 aliphatic rings. The van der Waals surface area contributed by atoms with Crippen LogP contribution in [0.3, 0.4) is 0 Å². The van der Waals surface area contributed by atoms with Crippen LogP contribution in [-0.4, -0.2) is 28.1 Å². The number of halogens is 1. The number of nitriles is 1. The standard InChI is InChI=1S/C32H46BrNO3/c1-27(2)10-12-32(24(36)17-33)13-11-31(7)25(20(32)16-27)21(35)14-23-29(5)15-19(18-34)26(37)28(3,4)22(29)8-9-30(23,31)6/h15,20,22-25,36H,8-14,16-17H2,1-7H3/t20-,22-,23+,24-,25-,29-,30+,31+,32-/m0/s1. The Labute approximate surface area is 232 Å². The summed E-state index contributed by atoms with van der Waals surface area (Å²) in [6, 6.07) is 2.22. The molecule has 1 N–H and O–H groups in total. The van der Waals surface area contributed by atoms with E-state index < -0.39 is 11.5 Å². The molecule has 0 aromatic rings. The highest BCUT2D eigenvalue weighted by molar-refractivity contribution is 9.09. The summed E-state index contributed by atoms with van der Waals surface area (Å²) in [6.07, 6.45) is 9.00. The monoisotopic (exact) mass is 571 g/mol. The van der Waals surface area contributed by atoms with Gasteiger partial charge in [-0.05, 0) is 84.4 Å². The van der Waals surface area contributed by atoms with Crippen LogP contribution in [0, 0.1) is 67.5 Å². The highest BCUT2D eigenvalue weighted by Gasteiger charge is 2.72. The summed E-state index contributed by atoms with van der Waals surface area (Å²) in [6.45, 7) is 15.8. The molecule has 204 valence electrons. The summed E-state index contributed by atoms with van der Waals surface area (Å²) in [5, 5.41) is 21.9. The Morgan fingerprint density at radius 1 is 1.00 bits per heavy atom. The molecule has 0 aromatic carbocycles. The van der Waals surface area contributed by atoms with Gasteiger partial charge in [0, 0.05) is 28.5 Å². The third-order valence-electron chi connectivity index (χ3n) is 13.3. The van der Waals surface area contributed by atoms with Crippen LogP contribution in [0.1, 0.15) is 99.8 Å². The van der Waals surface area contributed by atoms with Crippen molar-refractivity contribution < 1.29 is 14.7 Å². The Balaban J connectivity index is 1.64. The Kier molecular flexibility index (Phi) is 6.16. The van der Waals surface area contributed by atoms with E-state index in [1.807, 2.05) is 19.9 Å². The van der Waals surface area contributed by atoms with Gasteiger partial charge in [0.2, 0.25) is 0 Å². The number of hydrogen-bond acceptors (Lipinski definition) is 4. The molecule has 4 saturated carbocycles. The molecule has 0 aromatic heterocycles. The molecule has 9 atom stereocenters. The summed E-state index contributed by atoms with van der Waals surface area (Å²) >= 11 is 3.60. The zero-order valence-electron chi connectivity index (χ0n) is 23.9. The highest BCUT2D eigenvalue weighted by Crippen LogP contribution is 2.76. The van der Waals surface area contributed by atoms with E-state index >= 15 is 0 Å². The van der Waals surface area contributed by atoms with Gasteiger partial charge in [-0.15, -0.1) is 0 Å². The minimum atomic E-state index is -0.605. The number of nitrogens with zero attached hydrogens (tertiary/aromatic N) is 1. The van der Waals surface area contributed by atoms with Crippen molar-refractivity contribution in [3.63, 3.8) is 0 Å². The Morgan fingerprint density at radius 2 is 1.65 bits per heavy atom. The molecule has 4 nitrogen and oxygen atoms in total. The smallest absolute Gasteiger partial charge is 0.178 e. The molecular formula is C32H46BrNO3. The molecule has 0 spiro atoms. The summed E-state index contributed by atoms with van der Waals surface area (Å²) < 4.78 is 0. The van der Waals surface area contributed by atoms with Crippen LogP contribution < -0.4 is 0 Å². The summed E-state index contributed by atoms with van der Waals surface area (Å²) in [7, 11) is 0. The molecule has 37 heavy (non-hydrogen) atoms. The van der Waals surface area contributed by atoms with Gasteiger partial charge in [-0.2, -0.15) is 5.26 Å². The number of alkyl halides is 1. The summed E-state index contributed by atoms with van der Waals surface area (Å²) in [4.78, 5) is 27.7. The second kappa shape index (κ2) is 8.26. The molecule has 0 bridgehead atoms. The van der Waals surface area contributed by atoms with E-state index in [1.54, 1.807) is 0 Å². The second-order valence-electron chi connectivity index (χ2n) is 15.6. The molecule has 0 aliphatic heterocycles. The van der Waals surface area contributed by atoms with Gasteiger partial charge in [-0.3, -0.25) is 9.59 Å². The fraction of sp³-hybridized carbons (Fsp3) is 0.844. The van der Waals surface area contributed by atoms with Crippen molar-refractivity contribution in [2.45, 2.75) is 106 Å². The zero-order valence-corrected chi connectivity index (χ0v) is 25.5. The third-order valence-corrected chi connectivity index (χ3v) is 14.0. The topological polar surface area (TPSA) is 78.2 Å². The number of ketones is 2. The van der Waals surface area contributed by atoms with E-state index in [1.165, 1.54) is 0 Å². The van der Waals surface area contributed by atoms with Crippen LogP contribution in [0.2, 0.25) is 0 Å². The highest BCUT2D eigenvalue weighted by atomic mass is 79.9. The van der Waals surface area contributed by atoms with Gasteiger partial charge in [0.25, 0.3) is 0 Å².